The van der Waals surface area contributed by atoms with E-state index in [1.165, 1.54) is 12.1 Å². The maximum absolute atomic E-state index is 12.6. The Morgan fingerprint density at radius 3 is 2.50 bits per heavy atom. The van der Waals surface area contributed by atoms with Crippen LogP contribution in [0, 0.1) is 0 Å². The van der Waals surface area contributed by atoms with Crippen molar-refractivity contribution in [1.82, 2.24) is 0 Å². The lowest BCUT2D eigenvalue weighted by Gasteiger charge is -2.28. The Labute approximate surface area is 125 Å². The minimum Gasteiger partial charge on any atom is -0.497 e. The first-order valence-electron chi connectivity index (χ1n) is 6.73. The van der Waals surface area contributed by atoms with Crippen LogP contribution in [0.5, 0.6) is 11.5 Å². The molecule has 1 N–H and O–H groups in total. The first-order valence-corrected chi connectivity index (χ1v) is 6.73. The van der Waals surface area contributed by atoms with E-state index >= 15 is 0 Å². The number of rotatable bonds is 2. The molecule has 1 aliphatic rings. The molecule has 116 valence electrons. The largest absolute Gasteiger partial charge is 0.497 e. The fraction of sp³-hybridized carbons (Fsp3) is 0.250. The third-order valence-corrected chi connectivity index (χ3v) is 3.54. The smallest absolute Gasteiger partial charge is 0.416 e. The third-order valence-electron chi connectivity index (χ3n) is 3.54. The number of benzene rings is 2. The number of alkyl halides is 3. The summed E-state index contributed by atoms with van der Waals surface area (Å²) < 4.78 is 48.7. The molecule has 0 fully saturated rings. The summed E-state index contributed by atoms with van der Waals surface area (Å²) in [6.07, 6.45) is -4.66. The Morgan fingerprint density at radius 2 is 1.86 bits per heavy atom. The molecular weight excluding hydrogens is 295 g/mol. The van der Waals surface area contributed by atoms with Gasteiger partial charge in [0.15, 0.2) is 0 Å². The lowest BCUT2D eigenvalue weighted by atomic mass is 10.0. The topological polar surface area (TPSA) is 30.5 Å². The van der Waals surface area contributed by atoms with Crippen LogP contribution in [0.15, 0.2) is 42.5 Å². The summed E-state index contributed by atoms with van der Waals surface area (Å²) in [5, 5.41) is 3.20. The summed E-state index contributed by atoms with van der Waals surface area (Å²) in [6, 6.07) is 10.4. The SMILES string of the molecule is COc1ccc2c(c1)NCC(c1ccc(C(F)(F)F)cc1)O2. The zero-order valence-corrected chi connectivity index (χ0v) is 11.8. The van der Waals surface area contributed by atoms with Gasteiger partial charge in [0.05, 0.1) is 24.9 Å². The van der Waals surface area contributed by atoms with Gasteiger partial charge in [0, 0.05) is 6.07 Å². The molecule has 1 unspecified atom stereocenters. The van der Waals surface area contributed by atoms with Gasteiger partial charge < -0.3 is 14.8 Å². The Morgan fingerprint density at radius 1 is 1.14 bits per heavy atom. The quantitative estimate of drug-likeness (QED) is 0.899. The predicted octanol–water partition coefficient (Wildman–Crippen LogP) is 4.26. The minimum atomic E-state index is -4.33. The van der Waals surface area contributed by atoms with Crippen LogP contribution in [0.1, 0.15) is 17.2 Å². The third kappa shape index (κ3) is 2.81. The molecule has 0 saturated carbocycles. The van der Waals surface area contributed by atoms with Crippen LogP contribution in [-0.2, 0) is 6.18 Å². The molecule has 0 aliphatic carbocycles. The zero-order valence-electron chi connectivity index (χ0n) is 11.8. The van der Waals surface area contributed by atoms with E-state index in [9.17, 15) is 13.2 Å². The van der Waals surface area contributed by atoms with Crippen molar-refractivity contribution in [2.24, 2.45) is 0 Å². The van der Waals surface area contributed by atoms with Crippen molar-refractivity contribution in [1.29, 1.82) is 0 Å². The first kappa shape index (κ1) is 14.6. The number of hydrogen-bond donors (Lipinski definition) is 1. The van der Waals surface area contributed by atoms with E-state index in [1.54, 1.807) is 19.2 Å². The molecule has 3 rings (SSSR count). The molecule has 1 atom stereocenters. The average Bonchev–Trinajstić information content (AvgIpc) is 2.53. The molecule has 0 saturated heterocycles. The molecule has 3 nitrogen and oxygen atoms in total. The summed E-state index contributed by atoms with van der Waals surface area (Å²) in [6.45, 7) is 0.478. The number of nitrogens with one attached hydrogen (secondary N) is 1. The molecular formula is C16H14F3NO2. The van der Waals surface area contributed by atoms with Gasteiger partial charge in [-0.05, 0) is 29.8 Å². The molecule has 1 heterocycles. The van der Waals surface area contributed by atoms with Crippen LogP contribution in [0.2, 0.25) is 0 Å². The van der Waals surface area contributed by atoms with Gasteiger partial charge in [-0.2, -0.15) is 13.2 Å². The molecule has 2 aromatic carbocycles. The summed E-state index contributed by atoms with van der Waals surface area (Å²) in [5.41, 5.74) is 0.842. The molecule has 22 heavy (non-hydrogen) atoms. The highest BCUT2D eigenvalue weighted by Gasteiger charge is 2.30. The van der Waals surface area contributed by atoms with Crippen LogP contribution in [-0.4, -0.2) is 13.7 Å². The second kappa shape index (κ2) is 5.44. The number of anilines is 1. The molecule has 0 spiro atoms. The van der Waals surface area contributed by atoms with E-state index in [0.29, 0.717) is 23.6 Å². The predicted molar refractivity (Wildman–Crippen MR) is 76.3 cm³/mol. The Kier molecular flexibility index (Phi) is 3.60. The van der Waals surface area contributed by atoms with E-state index in [1.807, 2.05) is 6.07 Å². The van der Waals surface area contributed by atoms with Crippen molar-refractivity contribution >= 4 is 5.69 Å². The summed E-state index contributed by atoms with van der Waals surface area (Å²) in [4.78, 5) is 0. The second-order valence-electron chi connectivity index (χ2n) is 4.97. The maximum Gasteiger partial charge on any atom is 0.416 e. The number of halogens is 3. The van der Waals surface area contributed by atoms with E-state index in [4.69, 9.17) is 9.47 Å². The lowest BCUT2D eigenvalue weighted by molar-refractivity contribution is -0.137. The Bertz CT molecular complexity index is 668. The van der Waals surface area contributed by atoms with Gasteiger partial charge in [-0.3, -0.25) is 0 Å². The van der Waals surface area contributed by atoms with Crippen LogP contribution in [0.25, 0.3) is 0 Å². The highest BCUT2D eigenvalue weighted by atomic mass is 19.4. The highest BCUT2D eigenvalue weighted by Crippen LogP contribution is 2.37. The van der Waals surface area contributed by atoms with Crippen molar-refractivity contribution in [2.45, 2.75) is 12.3 Å². The van der Waals surface area contributed by atoms with Gasteiger partial charge in [-0.25, -0.2) is 0 Å². The molecule has 0 radical (unpaired) electrons. The van der Waals surface area contributed by atoms with Crippen molar-refractivity contribution < 1.29 is 22.6 Å². The molecule has 2 aromatic rings. The van der Waals surface area contributed by atoms with E-state index in [-0.39, 0.29) is 6.10 Å². The standard InChI is InChI=1S/C16H14F3NO2/c1-21-12-6-7-14-13(8-12)20-9-15(22-14)10-2-4-11(5-3-10)16(17,18)19/h2-8,15,20H,9H2,1H3. The summed E-state index contributed by atoms with van der Waals surface area (Å²) >= 11 is 0. The normalized spacial score (nSPS) is 17.2. The van der Waals surface area contributed by atoms with Crippen LogP contribution >= 0.6 is 0 Å². The van der Waals surface area contributed by atoms with Gasteiger partial charge >= 0.3 is 6.18 Å². The van der Waals surface area contributed by atoms with E-state index < -0.39 is 11.7 Å². The number of fused-ring (bicyclic) bond motifs is 1. The van der Waals surface area contributed by atoms with Gasteiger partial charge in [-0.1, -0.05) is 12.1 Å². The Hall–Kier alpha value is -2.37. The number of methoxy groups -OCH3 is 1. The second-order valence-corrected chi connectivity index (χ2v) is 4.97. The molecule has 0 aromatic heterocycles. The number of ether oxygens (including phenoxy) is 2. The average molecular weight is 309 g/mol. The lowest BCUT2D eigenvalue weighted by Crippen LogP contribution is -2.23. The maximum atomic E-state index is 12.6. The number of hydrogen-bond acceptors (Lipinski definition) is 3. The van der Waals surface area contributed by atoms with Crippen LogP contribution < -0.4 is 14.8 Å². The zero-order chi connectivity index (χ0) is 15.7. The fourth-order valence-corrected chi connectivity index (χ4v) is 2.35. The molecule has 6 heteroatoms. The van der Waals surface area contributed by atoms with Crippen LogP contribution in [0.4, 0.5) is 18.9 Å². The van der Waals surface area contributed by atoms with Crippen molar-refractivity contribution in [3.63, 3.8) is 0 Å². The molecule has 0 bridgehead atoms. The molecule has 1 aliphatic heterocycles. The Balaban J connectivity index is 1.79. The summed E-state index contributed by atoms with van der Waals surface area (Å²) in [7, 11) is 1.58. The van der Waals surface area contributed by atoms with Gasteiger partial charge in [0.1, 0.15) is 17.6 Å². The van der Waals surface area contributed by atoms with Crippen molar-refractivity contribution in [2.75, 3.05) is 19.0 Å². The van der Waals surface area contributed by atoms with E-state index in [0.717, 1.165) is 17.8 Å². The fourth-order valence-electron chi connectivity index (χ4n) is 2.35. The van der Waals surface area contributed by atoms with Gasteiger partial charge in [-0.15, -0.1) is 0 Å². The van der Waals surface area contributed by atoms with Gasteiger partial charge in [0.25, 0.3) is 0 Å². The van der Waals surface area contributed by atoms with Gasteiger partial charge in [0.2, 0.25) is 0 Å². The van der Waals surface area contributed by atoms with Crippen LogP contribution in [0.3, 0.4) is 0 Å². The highest BCUT2D eigenvalue weighted by molar-refractivity contribution is 5.61. The first-order chi connectivity index (χ1) is 10.5. The monoisotopic (exact) mass is 309 g/mol. The summed E-state index contributed by atoms with van der Waals surface area (Å²) in [5.74, 6) is 1.36. The minimum absolute atomic E-state index is 0.330. The van der Waals surface area contributed by atoms with E-state index in [2.05, 4.69) is 5.32 Å². The van der Waals surface area contributed by atoms with Crippen molar-refractivity contribution in [3.05, 3.63) is 53.6 Å². The molecule has 0 amide bonds. The van der Waals surface area contributed by atoms with Crippen molar-refractivity contribution in [3.8, 4) is 11.5 Å².